The molecule has 5 nitrogen and oxygen atoms in total. The maximum absolute atomic E-state index is 13.8. The number of carbonyl (C=O) groups excluding carboxylic acids is 1. The summed E-state index contributed by atoms with van der Waals surface area (Å²) in [5.41, 5.74) is 0.383. The molecule has 0 unspecified atom stereocenters. The van der Waals surface area contributed by atoms with Gasteiger partial charge in [-0.3, -0.25) is 4.79 Å². The van der Waals surface area contributed by atoms with E-state index in [1.165, 1.54) is 6.07 Å². The molecule has 0 spiro atoms. The standard InChI is InChI=1S/C17H19FN4OS/c18-13-5-1-2-6-14(13)22-11-7-15(16(22)23)24-12-4-10-21-17-19-8-3-9-20-17/h1-3,5-6,8-9,15H,4,7,10-12H2,(H,19,20,21)/t15-/m1/s1. The summed E-state index contributed by atoms with van der Waals surface area (Å²) >= 11 is 1.64. The topological polar surface area (TPSA) is 58.1 Å². The van der Waals surface area contributed by atoms with Crippen molar-refractivity contribution >= 4 is 29.3 Å². The number of anilines is 2. The van der Waals surface area contributed by atoms with Crippen LogP contribution < -0.4 is 10.2 Å². The van der Waals surface area contributed by atoms with E-state index in [4.69, 9.17) is 0 Å². The van der Waals surface area contributed by atoms with E-state index in [1.807, 2.05) is 0 Å². The van der Waals surface area contributed by atoms with Crippen molar-refractivity contribution in [2.75, 3.05) is 29.1 Å². The fraction of sp³-hybridized carbons (Fsp3) is 0.353. The Morgan fingerprint density at radius 1 is 1.25 bits per heavy atom. The predicted octanol–water partition coefficient (Wildman–Crippen LogP) is 2.96. The van der Waals surface area contributed by atoms with Gasteiger partial charge in [-0.1, -0.05) is 12.1 Å². The zero-order chi connectivity index (χ0) is 16.8. The van der Waals surface area contributed by atoms with Gasteiger partial charge in [-0.2, -0.15) is 0 Å². The molecule has 1 aliphatic heterocycles. The minimum atomic E-state index is -0.344. The maximum atomic E-state index is 13.8. The third-order valence-electron chi connectivity index (χ3n) is 3.79. The Kier molecular flexibility index (Phi) is 5.63. The SMILES string of the molecule is O=C1[C@H](SCCCNc2ncccn2)CCN1c1ccccc1F. The number of para-hydroxylation sites is 1. The molecule has 126 valence electrons. The third-order valence-corrected chi connectivity index (χ3v) is 5.15. The quantitative estimate of drug-likeness (QED) is 0.781. The van der Waals surface area contributed by atoms with E-state index in [1.54, 1.807) is 53.3 Å². The Balaban J connectivity index is 1.42. The summed E-state index contributed by atoms with van der Waals surface area (Å²) < 4.78 is 13.8. The van der Waals surface area contributed by atoms with Gasteiger partial charge in [-0.25, -0.2) is 14.4 Å². The van der Waals surface area contributed by atoms with Gasteiger partial charge in [0.2, 0.25) is 11.9 Å². The van der Waals surface area contributed by atoms with Gasteiger partial charge in [0, 0.05) is 25.5 Å². The summed E-state index contributed by atoms with van der Waals surface area (Å²) in [5, 5.41) is 3.06. The maximum Gasteiger partial charge on any atom is 0.240 e. The summed E-state index contributed by atoms with van der Waals surface area (Å²) in [4.78, 5) is 22.2. The zero-order valence-corrected chi connectivity index (χ0v) is 14.0. The van der Waals surface area contributed by atoms with Crippen molar-refractivity contribution in [1.82, 2.24) is 9.97 Å². The lowest BCUT2D eigenvalue weighted by Gasteiger charge is -2.17. The Bertz CT molecular complexity index is 685. The normalized spacial score (nSPS) is 17.3. The van der Waals surface area contributed by atoms with Crippen molar-refractivity contribution in [3.63, 3.8) is 0 Å². The summed E-state index contributed by atoms with van der Waals surface area (Å²) in [6, 6.07) is 8.21. The van der Waals surface area contributed by atoms with Gasteiger partial charge in [-0.15, -0.1) is 11.8 Å². The number of hydrogen-bond acceptors (Lipinski definition) is 5. The molecule has 0 radical (unpaired) electrons. The Morgan fingerprint density at radius 3 is 2.83 bits per heavy atom. The first-order chi connectivity index (χ1) is 11.8. The highest BCUT2D eigenvalue weighted by Crippen LogP contribution is 2.30. The van der Waals surface area contributed by atoms with Crippen molar-refractivity contribution in [1.29, 1.82) is 0 Å². The van der Waals surface area contributed by atoms with Crippen LogP contribution in [-0.4, -0.2) is 40.0 Å². The number of nitrogens with one attached hydrogen (secondary N) is 1. The van der Waals surface area contributed by atoms with Gasteiger partial charge in [0.25, 0.3) is 0 Å². The first kappa shape index (κ1) is 16.7. The highest BCUT2D eigenvalue weighted by atomic mass is 32.2. The lowest BCUT2D eigenvalue weighted by atomic mass is 10.3. The fourth-order valence-electron chi connectivity index (χ4n) is 2.61. The molecule has 1 N–H and O–H groups in total. The number of aromatic nitrogens is 2. The molecule has 1 atom stereocenters. The number of carbonyl (C=O) groups is 1. The summed E-state index contributed by atoms with van der Waals surface area (Å²) in [5.74, 6) is 1.14. The molecular formula is C17H19FN4OS. The molecule has 24 heavy (non-hydrogen) atoms. The lowest BCUT2D eigenvalue weighted by molar-refractivity contribution is -0.116. The van der Waals surface area contributed by atoms with Crippen LogP contribution in [0.5, 0.6) is 0 Å². The highest BCUT2D eigenvalue weighted by Gasteiger charge is 2.33. The number of nitrogens with zero attached hydrogens (tertiary/aromatic N) is 3. The smallest absolute Gasteiger partial charge is 0.240 e. The first-order valence-electron chi connectivity index (χ1n) is 7.94. The van der Waals surface area contributed by atoms with Crippen molar-refractivity contribution in [2.45, 2.75) is 18.1 Å². The van der Waals surface area contributed by atoms with Crippen LogP contribution in [0.2, 0.25) is 0 Å². The minimum absolute atomic E-state index is 0.00412. The number of hydrogen-bond donors (Lipinski definition) is 1. The molecule has 1 fully saturated rings. The molecule has 2 aromatic rings. The molecule has 2 heterocycles. The van der Waals surface area contributed by atoms with Crippen LogP contribution in [0.4, 0.5) is 16.0 Å². The summed E-state index contributed by atoms with van der Waals surface area (Å²) in [6.07, 6.45) is 5.05. The summed E-state index contributed by atoms with van der Waals surface area (Å²) in [7, 11) is 0. The average molecular weight is 346 g/mol. The molecule has 1 aromatic heterocycles. The molecule has 0 saturated carbocycles. The molecule has 0 aliphatic carbocycles. The van der Waals surface area contributed by atoms with E-state index < -0.39 is 0 Å². The van der Waals surface area contributed by atoms with Gasteiger partial charge < -0.3 is 10.2 Å². The second-order valence-corrected chi connectivity index (χ2v) is 6.75. The van der Waals surface area contributed by atoms with Crippen molar-refractivity contribution < 1.29 is 9.18 Å². The molecule has 1 amide bonds. The molecule has 3 rings (SSSR count). The molecule has 1 saturated heterocycles. The van der Waals surface area contributed by atoms with Crippen LogP contribution in [0.25, 0.3) is 0 Å². The van der Waals surface area contributed by atoms with Crippen molar-refractivity contribution in [3.8, 4) is 0 Å². The van der Waals surface area contributed by atoms with E-state index in [0.717, 1.165) is 25.1 Å². The van der Waals surface area contributed by atoms with E-state index in [9.17, 15) is 9.18 Å². The van der Waals surface area contributed by atoms with Crippen LogP contribution in [0.15, 0.2) is 42.7 Å². The van der Waals surface area contributed by atoms with E-state index in [0.29, 0.717) is 18.2 Å². The van der Waals surface area contributed by atoms with E-state index in [-0.39, 0.29) is 17.0 Å². The number of halogens is 1. The van der Waals surface area contributed by atoms with Gasteiger partial charge in [0.1, 0.15) is 5.82 Å². The fourth-order valence-corrected chi connectivity index (χ4v) is 3.74. The van der Waals surface area contributed by atoms with Gasteiger partial charge in [0.05, 0.1) is 10.9 Å². The van der Waals surface area contributed by atoms with Gasteiger partial charge in [0.15, 0.2) is 0 Å². The number of rotatable bonds is 7. The molecular weight excluding hydrogens is 327 g/mol. The highest BCUT2D eigenvalue weighted by molar-refractivity contribution is 8.00. The van der Waals surface area contributed by atoms with E-state index >= 15 is 0 Å². The Hall–Kier alpha value is -2.15. The van der Waals surface area contributed by atoms with Crippen LogP contribution in [0.3, 0.4) is 0 Å². The van der Waals surface area contributed by atoms with Crippen LogP contribution in [0, 0.1) is 5.82 Å². The van der Waals surface area contributed by atoms with Crippen LogP contribution >= 0.6 is 11.8 Å². The number of thioether (sulfide) groups is 1. The van der Waals surface area contributed by atoms with Crippen molar-refractivity contribution in [2.24, 2.45) is 0 Å². The van der Waals surface area contributed by atoms with Crippen LogP contribution in [0.1, 0.15) is 12.8 Å². The van der Waals surface area contributed by atoms with Crippen LogP contribution in [-0.2, 0) is 4.79 Å². The predicted molar refractivity (Wildman–Crippen MR) is 94.8 cm³/mol. The molecule has 0 bridgehead atoms. The molecule has 1 aromatic carbocycles. The second-order valence-electron chi connectivity index (χ2n) is 5.44. The minimum Gasteiger partial charge on any atom is -0.354 e. The Labute approximate surface area is 144 Å². The summed E-state index contributed by atoms with van der Waals surface area (Å²) in [6.45, 7) is 1.34. The van der Waals surface area contributed by atoms with Gasteiger partial charge in [-0.05, 0) is 36.8 Å². The lowest BCUT2D eigenvalue weighted by Crippen LogP contribution is -2.29. The van der Waals surface area contributed by atoms with Gasteiger partial charge >= 0.3 is 0 Å². The third kappa shape index (κ3) is 4.03. The second kappa shape index (κ2) is 8.10. The first-order valence-corrected chi connectivity index (χ1v) is 8.99. The monoisotopic (exact) mass is 346 g/mol. The van der Waals surface area contributed by atoms with E-state index in [2.05, 4.69) is 15.3 Å². The zero-order valence-electron chi connectivity index (χ0n) is 13.2. The molecule has 1 aliphatic rings. The number of amides is 1. The average Bonchev–Trinajstić information content (AvgIpc) is 2.97. The largest absolute Gasteiger partial charge is 0.354 e. The van der Waals surface area contributed by atoms with Crippen molar-refractivity contribution in [3.05, 3.63) is 48.5 Å². The molecule has 7 heteroatoms. The Morgan fingerprint density at radius 2 is 2.04 bits per heavy atom. The number of benzene rings is 1.